The van der Waals surface area contributed by atoms with Gasteiger partial charge in [0.2, 0.25) is 5.82 Å². The summed E-state index contributed by atoms with van der Waals surface area (Å²) < 4.78 is 37.5. The van der Waals surface area contributed by atoms with Crippen LogP contribution in [0.25, 0.3) is 11.4 Å². The van der Waals surface area contributed by atoms with Gasteiger partial charge in [-0.25, -0.2) is 5.43 Å². The zero-order valence-corrected chi connectivity index (χ0v) is 12.8. The number of aromatic nitrogens is 4. The molecule has 0 aliphatic carbocycles. The van der Waals surface area contributed by atoms with Gasteiger partial charge in [-0.05, 0) is 17.3 Å². The molecule has 0 saturated heterocycles. The van der Waals surface area contributed by atoms with Crippen LogP contribution in [0, 0.1) is 0 Å². The molecule has 128 valence electrons. The second kappa shape index (κ2) is 7.06. The molecule has 24 heavy (non-hydrogen) atoms. The van der Waals surface area contributed by atoms with Gasteiger partial charge in [-0.3, -0.25) is 4.79 Å². The summed E-state index contributed by atoms with van der Waals surface area (Å²) >= 11 is 0. The van der Waals surface area contributed by atoms with Crippen LogP contribution in [-0.4, -0.2) is 51.4 Å². The van der Waals surface area contributed by atoms with Crippen LogP contribution >= 0.6 is 0 Å². The fraction of sp³-hybridized carbons (Fsp3) is 0.308. The van der Waals surface area contributed by atoms with E-state index in [0.717, 1.165) is 16.9 Å². The van der Waals surface area contributed by atoms with Crippen molar-refractivity contribution in [2.45, 2.75) is 12.7 Å². The number of hydrogen-bond acceptors (Lipinski definition) is 5. The van der Waals surface area contributed by atoms with Crippen molar-refractivity contribution in [3.8, 4) is 11.4 Å². The van der Waals surface area contributed by atoms with E-state index in [-0.39, 0.29) is 12.4 Å². The predicted octanol–water partition coefficient (Wildman–Crippen LogP) is 0.980. The number of rotatable bonds is 5. The highest BCUT2D eigenvalue weighted by Crippen LogP contribution is 2.30. The Morgan fingerprint density at radius 2 is 2.00 bits per heavy atom. The zero-order valence-electron chi connectivity index (χ0n) is 12.8. The molecule has 1 aromatic carbocycles. The van der Waals surface area contributed by atoms with Crippen LogP contribution in [0.3, 0.4) is 0 Å². The van der Waals surface area contributed by atoms with Crippen molar-refractivity contribution in [1.82, 2.24) is 30.5 Å². The third-order valence-corrected chi connectivity index (χ3v) is 2.69. The lowest BCUT2D eigenvalue weighted by molar-refractivity contribution is -0.137. The molecule has 0 spiro atoms. The first-order valence-corrected chi connectivity index (χ1v) is 6.69. The molecule has 0 bridgehead atoms. The van der Waals surface area contributed by atoms with Crippen LogP contribution in [0.15, 0.2) is 29.4 Å². The zero-order chi connectivity index (χ0) is 17.7. The Bertz CT molecular complexity index is 722. The minimum atomic E-state index is -4.41. The molecule has 11 heteroatoms. The van der Waals surface area contributed by atoms with E-state index < -0.39 is 17.6 Å². The second-order valence-corrected chi connectivity index (χ2v) is 4.96. The lowest BCUT2D eigenvalue weighted by atomic mass is 10.1. The van der Waals surface area contributed by atoms with E-state index in [2.05, 4.69) is 25.9 Å². The Hall–Kier alpha value is -2.98. The highest BCUT2D eigenvalue weighted by Gasteiger charge is 2.30. The number of tetrazole rings is 1. The third kappa shape index (κ3) is 4.76. The summed E-state index contributed by atoms with van der Waals surface area (Å²) in [7, 11) is 3.48. The van der Waals surface area contributed by atoms with Crippen molar-refractivity contribution in [1.29, 1.82) is 0 Å². The molecular weight excluding hydrogens is 327 g/mol. The number of alkyl halides is 3. The molecule has 1 amide bonds. The van der Waals surface area contributed by atoms with Crippen molar-refractivity contribution in [2.24, 2.45) is 5.10 Å². The summed E-state index contributed by atoms with van der Waals surface area (Å²) in [5.41, 5.74) is 1.87. The molecule has 8 nitrogen and oxygen atoms in total. The average molecular weight is 341 g/mol. The lowest BCUT2D eigenvalue weighted by Gasteiger charge is -2.05. The van der Waals surface area contributed by atoms with E-state index in [9.17, 15) is 18.0 Å². The molecule has 0 aliphatic heterocycles. The largest absolute Gasteiger partial charge is 0.416 e. The quantitative estimate of drug-likeness (QED) is 0.498. The van der Waals surface area contributed by atoms with Crippen molar-refractivity contribution < 1.29 is 18.0 Å². The highest BCUT2D eigenvalue weighted by atomic mass is 19.4. The topological polar surface area (TPSA) is 88.3 Å². The number of nitrogens with zero attached hydrogens (tertiary/aromatic N) is 6. The number of hydrazone groups is 1. The number of nitrogens with one attached hydrogen (secondary N) is 1. The second-order valence-electron chi connectivity index (χ2n) is 4.96. The van der Waals surface area contributed by atoms with Crippen LogP contribution in [0.5, 0.6) is 0 Å². The highest BCUT2D eigenvalue weighted by molar-refractivity contribution is 5.76. The molecule has 0 atom stereocenters. The van der Waals surface area contributed by atoms with Crippen LogP contribution in [-0.2, 0) is 17.5 Å². The molecule has 2 aromatic rings. The van der Waals surface area contributed by atoms with Gasteiger partial charge in [0.25, 0.3) is 5.91 Å². The Kier molecular flexibility index (Phi) is 5.11. The Balaban J connectivity index is 2.01. The molecule has 2 rings (SSSR count). The maximum atomic E-state index is 12.5. The van der Waals surface area contributed by atoms with Crippen molar-refractivity contribution in [2.75, 3.05) is 14.1 Å². The van der Waals surface area contributed by atoms with E-state index >= 15 is 0 Å². The number of hydrogen-bond donors (Lipinski definition) is 1. The van der Waals surface area contributed by atoms with Gasteiger partial charge in [0.05, 0.1) is 5.56 Å². The minimum Gasteiger partial charge on any atom is -0.367 e. The maximum absolute atomic E-state index is 12.5. The SMILES string of the molecule is CN(C)/C=N/NC(=O)Cn1nnc(-c2ccc(C(F)(F)F)cc2)n1. The van der Waals surface area contributed by atoms with Gasteiger partial charge >= 0.3 is 6.18 Å². The number of amides is 1. The van der Waals surface area contributed by atoms with Crippen molar-refractivity contribution >= 4 is 12.2 Å². The first kappa shape index (κ1) is 17.4. The average Bonchev–Trinajstić information content (AvgIpc) is 2.94. The molecule has 0 fully saturated rings. The van der Waals surface area contributed by atoms with Gasteiger partial charge < -0.3 is 4.90 Å². The third-order valence-electron chi connectivity index (χ3n) is 2.69. The molecule has 0 radical (unpaired) electrons. The van der Waals surface area contributed by atoms with Gasteiger partial charge in [0, 0.05) is 19.7 Å². The van der Waals surface area contributed by atoms with Gasteiger partial charge in [-0.15, -0.1) is 10.2 Å². The maximum Gasteiger partial charge on any atom is 0.416 e. The summed E-state index contributed by atoms with van der Waals surface area (Å²) in [6.45, 7) is -0.224. The molecular formula is C13H14F3N7O. The fourth-order valence-corrected chi connectivity index (χ4v) is 1.61. The summed E-state index contributed by atoms with van der Waals surface area (Å²) in [5.74, 6) is -0.349. The summed E-state index contributed by atoms with van der Waals surface area (Å²) in [4.78, 5) is 14.3. The standard InChI is InChI=1S/C13H14F3N7O/c1-22(2)8-17-18-11(24)7-23-20-12(19-21-23)9-3-5-10(6-4-9)13(14,15)16/h3-6,8H,7H2,1-2H3,(H,18,24)/b17-8+. The summed E-state index contributed by atoms with van der Waals surface area (Å²) in [6, 6.07) is 4.34. The van der Waals surface area contributed by atoms with Gasteiger partial charge in [0.15, 0.2) is 0 Å². The smallest absolute Gasteiger partial charge is 0.367 e. The minimum absolute atomic E-state index is 0.119. The van der Waals surface area contributed by atoms with Gasteiger partial charge in [0.1, 0.15) is 12.9 Å². The monoisotopic (exact) mass is 341 g/mol. The van der Waals surface area contributed by atoms with Crippen LogP contribution in [0.2, 0.25) is 0 Å². The Morgan fingerprint density at radius 3 is 2.58 bits per heavy atom. The first-order valence-electron chi connectivity index (χ1n) is 6.69. The van der Waals surface area contributed by atoms with Gasteiger partial charge in [-0.1, -0.05) is 12.1 Å². The predicted molar refractivity (Wildman–Crippen MR) is 78.6 cm³/mol. The molecule has 1 N–H and O–H groups in total. The van der Waals surface area contributed by atoms with E-state index in [1.807, 2.05) is 0 Å². The van der Waals surface area contributed by atoms with Gasteiger partial charge in [-0.2, -0.15) is 23.1 Å². The van der Waals surface area contributed by atoms with E-state index in [1.165, 1.54) is 18.5 Å². The number of carbonyl (C=O) groups is 1. The number of benzene rings is 1. The number of halogens is 3. The van der Waals surface area contributed by atoms with Crippen molar-refractivity contribution in [3.05, 3.63) is 29.8 Å². The first-order chi connectivity index (χ1) is 11.3. The van der Waals surface area contributed by atoms with E-state index in [1.54, 1.807) is 19.0 Å². The molecule has 0 unspecified atom stereocenters. The molecule has 0 aliphatic rings. The number of carbonyl (C=O) groups excluding carboxylic acids is 1. The fourth-order valence-electron chi connectivity index (χ4n) is 1.61. The van der Waals surface area contributed by atoms with Crippen LogP contribution < -0.4 is 5.43 Å². The van der Waals surface area contributed by atoms with E-state index in [0.29, 0.717) is 5.56 Å². The van der Waals surface area contributed by atoms with Crippen LogP contribution in [0.1, 0.15) is 5.56 Å². The summed E-state index contributed by atoms with van der Waals surface area (Å²) in [5, 5.41) is 15.0. The Morgan fingerprint density at radius 1 is 1.33 bits per heavy atom. The lowest BCUT2D eigenvalue weighted by Crippen LogP contribution is -2.25. The Labute approximate surface area is 134 Å². The summed E-state index contributed by atoms with van der Waals surface area (Å²) in [6.07, 6.45) is -3.00. The molecule has 1 heterocycles. The van der Waals surface area contributed by atoms with Crippen LogP contribution in [0.4, 0.5) is 13.2 Å². The normalized spacial score (nSPS) is 11.7. The van der Waals surface area contributed by atoms with E-state index in [4.69, 9.17) is 0 Å². The molecule has 0 saturated carbocycles. The van der Waals surface area contributed by atoms with Crippen molar-refractivity contribution in [3.63, 3.8) is 0 Å². The molecule has 1 aromatic heterocycles.